The number of nitrogens with zero attached hydrogens (tertiary/aromatic N) is 1. The lowest BCUT2D eigenvalue weighted by Gasteiger charge is -2.37. The normalized spacial score (nSPS) is 25.4. The number of rotatable bonds is 3. The van der Waals surface area contributed by atoms with Crippen molar-refractivity contribution >= 4 is 0 Å². The summed E-state index contributed by atoms with van der Waals surface area (Å²) in [5, 5.41) is 0. The highest BCUT2D eigenvalue weighted by atomic mass is 16.5. The average Bonchev–Trinajstić information content (AvgIpc) is 2.52. The van der Waals surface area contributed by atoms with Crippen LogP contribution in [-0.4, -0.2) is 37.5 Å². The molecule has 1 fully saturated rings. The fourth-order valence-electron chi connectivity index (χ4n) is 2.13. The molecule has 0 aromatic carbocycles. The molecule has 0 aromatic rings. The average molecular weight is 158 g/mol. The second kappa shape index (κ2) is 3.55. The zero-order valence-corrected chi connectivity index (χ0v) is 7.97. The molecular weight excluding hydrogens is 138 g/mol. The largest absolute Gasteiger partial charge is 0.333 e. The van der Waals surface area contributed by atoms with E-state index in [1.165, 1.54) is 37.0 Å². The molecule has 1 aliphatic rings. The predicted octanol–water partition coefficient (Wildman–Crippen LogP) is 1.61. The molecule has 2 heteroatoms. The van der Waals surface area contributed by atoms with Crippen molar-refractivity contribution in [2.45, 2.75) is 32.9 Å². The highest BCUT2D eigenvalue weighted by Crippen LogP contribution is 2.23. The van der Waals surface area contributed by atoms with Crippen molar-refractivity contribution in [3.05, 3.63) is 0 Å². The molecule has 1 unspecified atom stereocenters. The molecule has 1 aliphatic heterocycles. The van der Waals surface area contributed by atoms with Gasteiger partial charge >= 0.3 is 0 Å². The molecule has 1 atom stereocenters. The SMILES string of the molecule is CC[N+]1(C(C)OC)CCCC1. The molecule has 0 spiro atoms. The van der Waals surface area contributed by atoms with Crippen LogP contribution in [0.15, 0.2) is 0 Å². The smallest absolute Gasteiger partial charge is 0.190 e. The van der Waals surface area contributed by atoms with Crippen molar-refractivity contribution in [1.29, 1.82) is 0 Å². The number of hydrogen-bond acceptors (Lipinski definition) is 1. The van der Waals surface area contributed by atoms with Crippen LogP contribution in [0.1, 0.15) is 26.7 Å². The lowest BCUT2D eigenvalue weighted by Crippen LogP contribution is -2.52. The maximum absolute atomic E-state index is 5.40. The molecule has 1 heterocycles. The molecule has 0 saturated carbocycles. The minimum atomic E-state index is 0.391. The van der Waals surface area contributed by atoms with E-state index in [4.69, 9.17) is 4.74 Å². The summed E-state index contributed by atoms with van der Waals surface area (Å²) in [5.41, 5.74) is 0. The van der Waals surface area contributed by atoms with Gasteiger partial charge in [0.2, 0.25) is 0 Å². The fraction of sp³-hybridized carbons (Fsp3) is 1.00. The lowest BCUT2D eigenvalue weighted by molar-refractivity contribution is -0.957. The number of likely N-dealkylation sites (tertiary alicyclic amines) is 1. The van der Waals surface area contributed by atoms with Gasteiger partial charge in [0.05, 0.1) is 19.6 Å². The summed E-state index contributed by atoms with van der Waals surface area (Å²) >= 11 is 0. The van der Waals surface area contributed by atoms with Crippen LogP contribution in [0.4, 0.5) is 0 Å². The van der Waals surface area contributed by atoms with Crippen LogP contribution < -0.4 is 0 Å². The van der Waals surface area contributed by atoms with Gasteiger partial charge in [-0.05, 0) is 6.92 Å². The molecular formula is C9H20NO+. The molecule has 2 nitrogen and oxygen atoms in total. The molecule has 11 heavy (non-hydrogen) atoms. The Morgan fingerprint density at radius 3 is 2.27 bits per heavy atom. The first-order valence-corrected chi connectivity index (χ1v) is 4.64. The molecule has 1 rings (SSSR count). The summed E-state index contributed by atoms with van der Waals surface area (Å²) in [6.07, 6.45) is 3.14. The monoisotopic (exact) mass is 158 g/mol. The third-order valence-electron chi connectivity index (χ3n) is 3.20. The molecule has 0 bridgehead atoms. The maximum Gasteiger partial charge on any atom is 0.190 e. The lowest BCUT2D eigenvalue weighted by atomic mass is 10.4. The van der Waals surface area contributed by atoms with Gasteiger partial charge in [-0.3, -0.25) is 4.48 Å². The first-order valence-electron chi connectivity index (χ1n) is 4.64. The Kier molecular flexibility index (Phi) is 2.90. The van der Waals surface area contributed by atoms with Gasteiger partial charge in [0.15, 0.2) is 6.23 Å². The molecule has 66 valence electrons. The van der Waals surface area contributed by atoms with Crippen LogP contribution >= 0.6 is 0 Å². The Hall–Kier alpha value is -0.0800. The van der Waals surface area contributed by atoms with Gasteiger partial charge in [-0.2, -0.15) is 0 Å². The predicted molar refractivity (Wildman–Crippen MR) is 46.2 cm³/mol. The first-order chi connectivity index (χ1) is 5.25. The quantitative estimate of drug-likeness (QED) is 0.567. The van der Waals surface area contributed by atoms with Crippen LogP contribution in [0.5, 0.6) is 0 Å². The molecule has 0 amide bonds. The topological polar surface area (TPSA) is 9.23 Å². The first kappa shape index (κ1) is 9.01. The van der Waals surface area contributed by atoms with Gasteiger partial charge in [-0.25, -0.2) is 0 Å². The van der Waals surface area contributed by atoms with Crippen LogP contribution in [0, 0.1) is 0 Å². The van der Waals surface area contributed by atoms with E-state index >= 15 is 0 Å². The third-order valence-corrected chi connectivity index (χ3v) is 3.20. The van der Waals surface area contributed by atoms with Crippen LogP contribution in [0.2, 0.25) is 0 Å². The number of quaternary nitrogens is 1. The van der Waals surface area contributed by atoms with E-state index in [1.807, 2.05) is 7.11 Å². The van der Waals surface area contributed by atoms with Crippen molar-refractivity contribution in [1.82, 2.24) is 0 Å². The van der Waals surface area contributed by atoms with E-state index in [-0.39, 0.29) is 0 Å². The second-order valence-corrected chi connectivity index (χ2v) is 3.52. The van der Waals surface area contributed by atoms with Crippen molar-refractivity contribution in [2.24, 2.45) is 0 Å². The second-order valence-electron chi connectivity index (χ2n) is 3.52. The maximum atomic E-state index is 5.40. The summed E-state index contributed by atoms with van der Waals surface area (Å²) in [4.78, 5) is 0. The van der Waals surface area contributed by atoms with Crippen molar-refractivity contribution in [3.8, 4) is 0 Å². The zero-order valence-electron chi connectivity index (χ0n) is 7.97. The van der Waals surface area contributed by atoms with Crippen LogP contribution in [-0.2, 0) is 4.74 Å². The van der Waals surface area contributed by atoms with Crippen LogP contribution in [0.3, 0.4) is 0 Å². The van der Waals surface area contributed by atoms with E-state index in [1.54, 1.807) is 0 Å². The summed E-state index contributed by atoms with van der Waals surface area (Å²) in [6, 6.07) is 0. The summed E-state index contributed by atoms with van der Waals surface area (Å²) in [7, 11) is 1.82. The van der Waals surface area contributed by atoms with E-state index in [9.17, 15) is 0 Å². The fourth-order valence-corrected chi connectivity index (χ4v) is 2.13. The van der Waals surface area contributed by atoms with Gasteiger partial charge in [-0.15, -0.1) is 0 Å². The number of ether oxygens (including phenoxy) is 1. The van der Waals surface area contributed by atoms with E-state index in [2.05, 4.69) is 13.8 Å². The van der Waals surface area contributed by atoms with Gasteiger partial charge in [0, 0.05) is 26.9 Å². The van der Waals surface area contributed by atoms with Crippen molar-refractivity contribution in [2.75, 3.05) is 26.7 Å². The summed E-state index contributed by atoms with van der Waals surface area (Å²) in [5.74, 6) is 0. The Labute approximate surface area is 69.7 Å². The molecule has 0 aliphatic carbocycles. The summed E-state index contributed by atoms with van der Waals surface area (Å²) < 4.78 is 6.58. The minimum Gasteiger partial charge on any atom is -0.333 e. The Morgan fingerprint density at radius 2 is 1.91 bits per heavy atom. The number of hydrogen-bond donors (Lipinski definition) is 0. The number of methoxy groups -OCH3 is 1. The van der Waals surface area contributed by atoms with Crippen molar-refractivity contribution < 1.29 is 9.22 Å². The summed E-state index contributed by atoms with van der Waals surface area (Å²) in [6.45, 7) is 8.29. The third kappa shape index (κ3) is 1.57. The van der Waals surface area contributed by atoms with E-state index in [0.29, 0.717) is 6.23 Å². The van der Waals surface area contributed by atoms with Crippen molar-refractivity contribution in [3.63, 3.8) is 0 Å². The minimum absolute atomic E-state index is 0.391. The van der Waals surface area contributed by atoms with Gasteiger partial charge in [0.25, 0.3) is 0 Å². The zero-order chi connectivity index (χ0) is 8.32. The standard InChI is InChI=1S/C9H20NO/c1-4-10(9(2)11-3)7-5-6-8-10/h9H,4-8H2,1-3H3/q+1. The van der Waals surface area contributed by atoms with Gasteiger partial charge in [0.1, 0.15) is 0 Å². The van der Waals surface area contributed by atoms with E-state index in [0.717, 1.165) is 0 Å². The molecule has 1 saturated heterocycles. The molecule has 0 aromatic heterocycles. The van der Waals surface area contributed by atoms with Gasteiger partial charge < -0.3 is 4.74 Å². The van der Waals surface area contributed by atoms with E-state index < -0.39 is 0 Å². The Bertz CT molecular complexity index is 119. The van der Waals surface area contributed by atoms with Crippen LogP contribution in [0.25, 0.3) is 0 Å². The Morgan fingerprint density at radius 1 is 1.36 bits per heavy atom. The Balaban J connectivity index is 2.58. The molecule has 0 N–H and O–H groups in total. The van der Waals surface area contributed by atoms with Gasteiger partial charge in [-0.1, -0.05) is 0 Å². The highest BCUT2D eigenvalue weighted by molar-refractivity contribution is 4.54. The molecule has 0 radical (unpaired) electrons. The highest BCUT2D eigenvalue weighted by Gasteiger charge is 2.35.